The lowest BCUT2D eigenvalue weighted by Gasteiger charge is -2.23. The summed E-state index contributed by atoms with van der Waals surface area (Å²) in [6, 6.07) is 4.37. The highest BCUT2D eigenvalue weighted by atomic mass is 15.2. The highest BCUT2D eigenvalue weighted by molar-refractivity contribution is 5.73. The molecule has 1 saturated carbocycles. The smallest absolute Gasteiger partial charge is 0.202 e. The van der Waals surface area contributed by atoms with Gasteiger partial charge in [0.15, 0.2) is 5.65 Å². The summed E-state index contributed by atoms with van der Waals surface area (Å²) in [6.07, 6.45) is 8.13. The second-order valence-corrected chi connectivity index (χ2v) is 4.48. The summed E-state index contributed by atoms with van der Waals surface area (Å²) in [5.41, 5.74) is 7.84. The minimum absolute atomic E-state index is 0.494. The number of rotatable bonds is 1. The van der Waals surface area contributed by atoms with E-state index in [1.165, 1.54) is 32.1 Å². The predicted molar refractivity (Wildman–Crippen MR) is 64.1 cm³/mol. The molecule has 2 N–H and O–H groups in total. The Hall–Kier alpha value is -1.58. The number of hydrogen-bond acceptors (Lipinski definition) is 3. The van der Waals surface area contributed by atoms with Crippen molar-refractivity contribution in [2.45, 2.75) is 38.1 Å². The van der Waals surface area contributed by atoms with E-state index in [2.05, 4.69) is 14.5 Å². The van der Waals surface area contributed by atoms with E-state index in [1.54, 1.807) is 0 Å². The number of imidazole rings is 1. The zero-order valence-electron chi connectivity index (χ0n) is 9.26. The Bertz CT molecular complexity index is 497. The minimum Gasteiger partial charge on any atom is -0.369 e. The molecule has 0 atom stereocenters. The number of anilines is 1. The second kappa shape index (κ2) is 3.77. The van der Waals surface area contributed by atoms with Crippen LogP contribution in [0.5, 0.6) is 0 Å². The highest BCUT2D eigenvalue weighted by Gasteiger charge is 2.20. The predicted octanol–water partition coefficient (Wildman–Crippen LogP) is 2.52. The molecule has 0 spiro atoms. The van der Waals surface area contributed by atoms with Crippen molar-refractivity contribution in [1.29, 1.82) is 0 Å². The summed E-state index contributed by atoms with van der Waals surface area (Å²) in [5.74, 6) is 0.612. The van der Waals surface area contributed by atoms with Crippen LogP contribution in [0, 0.1) is 0 Å². The van der Waals surface area contributed by atoms with Gasteiger partial charge in [0.05, 0.1) is 0 Å². The van der Waals surface area contributed by atoms with Gasteiger partial charge in [-0.1, -0.05) is 19.3 Å². The molecular weight excluding hydrogens is 200 g/mol. The van der Waals surface area contributed by atoms with Crippen LogP contribution in [0.1, 0.15) is 38.1 Å². The normalized spacial score (nSPS) is 18.0. The van der Waals surface area contributed by atoms with E-state index < -0.39 is 0 Å². The monoisotopic (exact) mass is 216 g/mol. The minimum atomic E-state index is 0.494. The van der Waals surface area contributed by atoms with Crippen LogP contribution < -0.4 is 5.73 Å². The maximum Gasteiger partial charge on any atom is 0.202 e. The third kappa shape index (κ3) is 1.45. The van der Waals surface area contributed by atoms with Crippen molar-refractivity contribution >= 4 is 17.1 Å². The average molecular weight is 216 g/mol. The summed E-state index contributed by atoms with van der Waals surface area (Å²) < 4.78 is 2.12. The van der Waals surface area contributed by atoms with Crippen LogP contribution in [0.4, 0.5) is 5.95 Å². The quantitative estimate of drug-likeness (QED) is 0.796. The van der Waals surface area contributed by atoms with E-state index in [0.29, 0.717) is 12.0 Å². The summed E-state index contributed by atoms with van der Waals surface area (Å²) in [5, 5.41) is 0. The molecule has 0 saturated heterocycles. The first kappa shape index (κ1) is 9.63. The number of nitrogens with two attached hydrogens (primary N) is 1. The molecule has 0 aromatic carbocycles. The van der Waals surface area contributed by atoms with E-state index in [4.69, 9.17) is 5.73 Å². The van der Waals surface area contributed by atoms with Gasteiger partial charge in [0.1, 0.15) is 5.52 Å². The first-order valence-corrected chi connectivity index (χ1v) is 5.94. The van der Waals surface area contributed by atoms with E-state index in [1.807, 2.05) is 18.3 Å². The average Bonchev–Trinajstić information content (AvgIpc) is 2.66. The largest absolute Gasteiger partial charge is 0.369 e. The van der Waals surface area contributed by atoms with Gasteiger partial charge in [-0.25, -0.2) is 9.97 Å². The lowest BCUT2D eigenvalue weighted by atomic mass is 9.95. The van der Waals surface area contributed by atoms with Gasteiger partial charge < -0.3 is 5.73 Å². The molecule has 3 rings (SSSR count). The van der Waals surface area contributed by atoms with Gasteiger partial charge in [-0.15, -0.1) is 0 Å². The topological polar surface area (TPSA) is 56.7 Å². The number of pyridine rings is 1. The SMILES string of the molecule is Nc1nc2cccnc2n1C1CCCCC1. The lowest BCUT2D eigenvalue weighted by Crippen LogP contribution is -2.15. The zero-order valence-corrected chi connectivity index (χ0v) is 9.26. The molecule has 0 unspecified atom stereocenters. The number of aromatic nitrogens is 3. The van der Waals surface area contributed by atoms with Crippen molar-refractivity contribution in [2.75, 3.05) is 5.73 Å². The maximum absolute atomic E-state index is 6.00. The first-order valence-electron chi connectivity index (χ1n) is 5.94. The van der Waals surface area contributed by atoms with Crippen LogP contribution in [0.15, 0.2) is 18.3 Å². The van der Waals surface area contributed by atoms with Crippen LogP contribution in [0.2, 0.25) is 0 Å². The van der Waals surface area contributed by atoms with Crippen LogP contribution in [0.25, 0.3) is 11.2 Å². The Morgan fingerprint density at radius 3 is 2.88 bits per heavy atom. The van der Waals surface area contributed by atoms with Crippen LogP contribution >= 0.6 is 0 Å². The van der Waals surface area contributed by atoms with Crippen molar-refractivity contribution < 1.29 is 0 Å². The molecule has 16 heavy (non-hydrogen) atoms. The Morgan fingerprint density at radius 1 is 1.25 bits per heavy atom. The van der Waals surface area contributed by atoms with Gasteiger partial charge in [-0.2, -0.15) is 0 Å². The molecule has 2 aromatic rings. The molecule has 2 heterocycles. The Labute approximate surface area is 94.5 Å². The third-order valence-electron chi connectivity index (χ3n) is 3.42. The van der Waals surface area contributed by atoms with Crippen molar-refractivity contribution in [3.63, 3.8) is 0 Å². The van der Waals surface area contributed by atoms with Gasteiger partial charge in [0, 0.05) is 12.2 Å². The molecule has 2 aromatic heterocycles. The summed E-state index contributed by atoms with van der Waals surface area (Å²) >= 11 is 0. The molecular formula is C12H16N4. The van der Waals surface area contributed by atoms with Crippen LogP contribution in [-0.4, -0.2) is 14.5 Å². The van der Waals surface area contributed by atoms with Gasteiger partial charge in [-0.05, 0) is 25.0 Å². The van der Waals surface area contributed by atoms with Crippen molar-refractivity contribution in [3.05, 3.63) is 18.3 Å². The van der Waals surface area contributed by atoms with Crippen molar-refractivity contribution in [3.8, 4) is 0 Å². The highest BCUT2D eigenvalue weighted by Crippen LogP contribution is 2.32. The fourth-order valence-corrected chi connectivity index (χ4v) is 2.65. The molecule has 4 nitrogen and oxygen atoms in total. The van der Waals surface area contributed by atoms with Crippen molar-refractivity contribution in [1.82, 2.24) is 14.5 Å². The van der Waals surface area contributed by atoms with Gasteiger partial charge >= 0.3 is 0 Å². The lowest BCUT2D eigenvalue weighted by molar-refractivity contribution is 0.362. The number of nitrogen functional groups attached to an aromatic ring is 1. The Balaban J connectivity index is 2.10. The first-order chi connectivity index (χ1) is 7.86. The fourth-order valence-electron chi connectivity index (χ4n) is 2.65. The Kier molecular flexibility index (Phi) is 2.27. The number of nitrogens with zero attached hydrogens (tertiary/aromatic N) is 3. The molecule has 1 aliphatic carbocycles. The third-order valence-corrected chi connectivity index (χ3v) is 3.42. The second-order valence-electron chi connectivity index (χ2n) is 4.48. The van der Waals surface area contributed by atoms with Crippen LogP contribution in [0.3, 0.4) is 0 Å². The van der Waals surface area contributed by atoms with Gasteiger partial charge in [-0.3, -0.25) is 4.57 Å². The summed E-state index contributed by atoms with van der Waals surface area (Å²) in [4.78, 5) is 8.76. The summed E-state index contributed by atoms with van der Waals surface area (Å²) in [7, 11) is 0. The van der Waals surface area contributed by atoms with E-state index in [9.17, 15) is 0 Å². The van der Waals surface area contributed by atoms with Gasteiger partial charge in [0.2, 0.25) is 5.95 Å². The molecule has 0 amide bonds. The van der Waals surface area contributed by atoms with E-state index >= 15 is 0 Å². The van der Waals surface area contributed by atoms with E-state index in [0.717, 1.165) is 11.2 Å². The molecule has 0 aliphatic heterocycles. The number of fused-ring (bicyclic) bond motifs is 1. The van der Waals surface area contributed by atoms with Crippen molar-refractivity contribution in [2.24, 2.45) is 0 Å². The summed E-state index contributed by atoms with van der Waals surface area (Å²) in [6.45, 7) is 0. The number of hydrogen-bond donors (Lipinski definition) is 1. The fraction of sp³-hybridized carbons (Fsp3) is 0.500. The molecule has 0 radical (unpaired) electrons. The molecule has 4 heteroatoms. The molecule has 84 valence electrons. The standard InChI is InChI=1S/C12H16N4/c13-12-15-10-7-4-8-14-11(10)16(12)9-5-2-1-3-6-9/h4,7-9H,1-3,5-6H2,(H2,13,15). The van der Waals surface area contributed by atoms with Crippen LogP contribution in [-0.2, 0) is 0 Å². The Morgan fingerprint density at radius 2 is 2.06 bits per heavy atom. The van der Waals surface area contributed by atoms with E-state index in [-0.39, 0.29) is 0 Å². The molecule has 1 aliphatic rings. The molecule has 1 fully saturated rings. The zero-order chi connectivity index (χ0) is 11.0. The maximum atomic E-state index is 6.00. The molecule has 0 bridgehead atoms. The van der Waals surface area contributed by atoms with Gasteiger partial charge in [0.25, 0.3) is 0 Å².